The van der Waals surface area contributed by atoms with Gasteiger partial charge in [-0.3, -0.25) is 4.79 Å². The van der Waals surface area contributed by atoms with Crippen LogP contribution in [-0.2, 0) is 0 Å². The molecule has 2 N–H and O–H groups in total. The molecule has 27 heavy (non-hydrogen) atoms. The molecule has 1 heterocycles. The van der Waals surface area contributed by atoms with Crippen LogP contribution in [0, 0.1) is 6.92 Å². The van der Waals surface area contributed by atoms with Crippen molar-refractivity contribution in [1.82, 2.24) is 9.97 Å². The van der Waals surface area contributed by atoms with E-state index in [-0.39, 0.29) is 5.91 Å². The third-order valence-corrected chi connectivity index (χ3v) is 4.27. The molecule has 0 fully saturated rings. The fourth-order valence-electron chi connectivity index (χ4n) is 2.70. The van der Waals surface area contributed by atoms with Gasteiger partial charge in [0.15, 0.2) is 0 Å². The molecule has 1 aromatic heterocycles. The van der Waals surface area contributed by atoms with Gasteiger partial charge in [0.05, 0.1) is 0 Å². The first-order valence-electron chi connectivity index (χ1n) is 8.71. The molecule has 0 unspecified atom stereocenters. The topological polar surface area (TPSA) is 66.9 Å². The summed E-state index contributed by atoms with van der Waals surface area (Å²) in [6.45, 7) is 6.09. The van der Waals surface area contributed by atoms with E-state index in [4.69, 9.17) is 11.6 Å². The Morgan fingerprint density at radius 1 is 1.04 bits per heavy atom. The molecule has 5 nitrogen and oxygen atoms in total. The Labute approximate surface area is 163 Å². The number of aryl methyl sites for hydroxylation is 1. The van der Waals surface area contributed by atoms with E-state index in [0.29, 0.717) is 34.0 Å². The SMILES string of the molecule is Cc1cc(C(=O)Nc2ccc(Cl)cc2)nc(Nc2ccccc2C(C)C)n1. The number of nitrogens with one attached hydrogen (secondary N) is 2. The molecule has 3 rings (SSSR count). The largest absolute Gasteiger partial charge is 0.324 e. The average Bonchev–Trinajstić information content (AvgIpc) is 2.63. The summed E-state index contributed by atoms with van der Waals surface area (Å²) in [6, 6.07) is 16.6. The van der Waals surface area contributed by atoms with Crippen LogP contribution < -0.4 is 10.6 Å². The molecule has 0 atom stereocenters. The fourth-order valence-corrected chi connectivity index (χ4v) is 2.83. The predicted octanol–water partition coefficient (Wildman–Crippen LogP) is 5.56. The molecule has 1 amide bonds. The monoisotopic (exact) mass is 380 g/mol. The van der Waals surface area contributed by atoms with E-state index in [1.54, 1.807) is 30.3 Å². The van der Waals surface area contributed by atoms with Crippen molar-refractivity contribution in [2.75, 3.05) is 10.6 Å². The number of para-hydroxylation sites is 1. The smallest absolute Gasteiger partial charge is 0.274 e. The number of amides is 1. The van der Waals surface area contributed by atoms with Gasteiger partial charge in [0, 0.05) is 22.1 Å². The third-order valence-electron chi connectivity index (χ3n) is 4.02. The molecule has 6 heteroatoms. The quantitative estimate of drug-likeness (QED) is 0.608. The molecule has 0 saturated heterocycles. The van der Waals surface area contributed by atoms with E-state index in [2.05, 4.69) is 40.5 Å². The van der Waals surface area contributed by atoms with Crippen LogP contribution in [0.4, 0.5) is 17.3 Å². The highest BCUT2D eigenvalue weighted by Gasteiger charge is 2.13. The zero-order valence-corrected chi connectivity index (χ0v) is 16.2. The van der Waals surface area contributed by atoms with Crippen molar-refractivity contribution in [3.8, 4) is 0 Å². The van der Waals surface area contributed by atoms with Crippen LogP contribution in [0.2, 0.25) is 5.02 Å². The summed E-state index contributed by atoms with van der Waals surface area (Å²) in [4.78, 5) is 21.4. The molecule has 3 aromatic rings. The molecule has 0 saturated carbocycles. The van der Waals surface area contributed by atoms with Crippen LogP contribution in [0.1, 0.15) is 41.5 Å². The highest BCUT2D eigenvalue weighted by molar-refractivity contribution is 6.30. The summed E-state index contributed by atoms with van der Waals surface area (Å²) in [5, 5.41) is 6.67. The van der Waals surface area contributed by atoms with Gasteiger partial charge in [0.1, 0.15) is 5.69 Å². The van der Waals surface area contributed by atoms with Crippen molar-refractivity contribution in [3.63, 3.8) is 0 Å². The number of hydrogen-bond acceptors (Lipinski definition) is 4. The molecule has 0 aliphatic rings. The lowest BCUT2D eigenvalue weighted by Crippen LogP contribution is -2.15. The van der Waals surface area contributed by atoms with E-state index < -0.39 is 0 Å². The molecule has 2 aromatic carbocycles. The molecule has 0 aliphatic carbocycles. The third kappa shape index (κ3) is 4.83. The van der Waals surface area contributed by atoms with Crippen molar-refractivity contribution >= 4 is 34.8 Å². The normalized spacial score (nSPS) is 10.7. The minimum Gasteiger partial charge on any atom is -0.324 e. The van der Waals surface area contributed by atoms with E-state index in [1.807, 2.05) is 25.1 Å². The standard InChI is InChI=1S/C21H21ClN4O/c1-13(2)17-6-4-5-7-18(17)25-21-23-14(3)12-19(26-21)20(27)24-16-10-8-15(22)9-11-16/h4-13H,1-3H3,(H,24,27)(H,23,25,26). The van der Waals surface area contributed by atoms with Gasteiger partial charge in [-0.2, -0.15) is 0 Å². The second-order valence-electron chi connectivity index (χ2n) is 6.55. The van der Waals surface area contributed by atoms with Crippen molar-refractivity contribution < 1.29 is 4.79 Å². The summed E-state index contributed by atoms with van der Waals surface area (Å²) in [5.74, 6) is 0.443. The van der Waals surface area contributed by atoms with Gasteiger partial charge in [0.25, 0.3) is 5.91 Å². The summed E-state index contributed by atoms with van der Waals surface area (Å²) in [7, 11) is 0. The van der Waals surface area contributed by atoms with Crippen molar-refractivity contribution in [1.29, 1.82) is 0 Å². The number of hydrogen-bond donors (Lipinski definition) is 2. The second-order valence-corrected chi connectivity index (χ2v) is 6.98. The zero-order chi connectivity index (χ0) is 19.4. The Hall–Kier alpha value is -2.92. The summed E-state index contributed by atoms with van der Waals surface area (Å²) < 4.78 is 0. The van der Waals surface area contributed by atoms with Crippen LogP contribution in [0.25, 0.3) is 0 Å². The lowest BCUT2D eigenvalue weighted by molar-refractivity contribution is 0.102. The molecular formula is C21H21ClN4O. The lowest BCUT2D eigenvalue weighted by atomic mass is 10.0. The van der Waals surface area contributed by atoms with Crippen molar-refractivity contribution in [3.05, 3.63) is 76.6 Å². The second kappa shape index (κ2) is 8.18. The van der Waals surface area contributed by atoms with Gasteiger partial charge < -0.3 is 10.6 Å². The maximum atomic E-state index is 12.6. The number of halogens is 1. The Morgan fingerprint density at radius 3 is 2.44 bits per heavy atom. The molecule has 0 bridgehead atoms. The van der Waals surface area contributed by atoms with Gasteiger partial charge in [-0.05, 0) is 54.8 Å². The first-order valence-corrected chi connectivity index (χ1v) is 9.08. The molecule has 138 valence electrons. The van der Waals surface area contributed by atoms with Crippen LogP contribution in [0.3, 0.4) is 0 Å². The first-order chi connectivity index (χ1) is 12.9. The highest BCUT2D eigenvalue weighted by atomic mass is 35.5. The number of anilines is 3. The summed E-state index contributed by atoms with van der Waals surface area (Å²) >= 11 is 5.88. The van der Waals surface area contributed by atoms with Gasteiger partial charge in [-0.1, -0.05) is 43.6 Å². The van der Waals surface area contributed by atoms with Crippen LogP contribution in [0.5, 0.6) is 0 Å². The van der Waals surface area contributed by atoms with E-state index >= 15 is 0 Å². The van der Waals surface area contributed by atoms with Gasteiger partial charge in [0.2, 0.25) is 5.95 Å². The van der Waals surface area contributed by atoms with Crippen LogP contribution in [0.15, 0.2) is 54.6 Å². The minimum atomic E-state index is -0.303. The Bertz CT molecular complexity index is 955. The predicted molar refractivity (Wildman–Crippen MR) is 110 cm³/mol. The minimum absolute atomic E-state index is 0.293. The number of aromatic nitrogens is 2. The Balaban J connectivity index is 1.84. The van der Waals surface area contributed by atoms with E-state index in [0.717, 1.165) is 11.3 Å². The maximum Gasteiger partial charge on any atom is 0.274 e. The number of carbonyl (C=O) groups is 1. The summed E-state index contributed by atoms with van der Waals surface area (Å²) in [5.41, 5.74) is 3.75. The fraction of sp³-hybridized carbons (Fsp3) is 0.190. The van der Waals surface area contributed by atoms with Crippen molar-refractivity contribution in [2.45, 2.75) is 26.7 Å². The first kappa shape index (κ1) is 18.9. The molecular weight excluding hydrogens is 360 g/mol. The zero-order valence-electron chi connectivity index (χ0n) is 15.5. The molecule has 0 aliphatic heterocycles. The Morgan fingerprint density at radius 2 is 1.74 bits per heavy atom. The van der Waals surface area contributed by atoms with Crippen LogP contribution in [-0.4, -0.2) is 15.9 Å². The number of nitrogens with zero attached hydrogens (tertiary/aromatic N) is 2. The molecule has 0 spiro atoms. The van der Waals surface area contributed by atoms with E-state index in [9.17, 15) is 4.79 Å². The molecule has 0 radical (unpaired) electrons. The van der Waals surface area contributed by atoms with Gasteiger partial charge in [-0.15, -0.1) is 0 Å². The maximum absolute atomic E-state index is 12.6. The van der Waals surface area contributed by atoms with Gasteiger partial charge in [-0.25, -0.2) is 9.97 Å². The number of benzene rings is 2. The van der Waals surface area contributed by atoms with E-state index in [1.165, 1.54) is 0 Å². The summed E-state index contributed by atoms with van der Waals surface area (Å²) in [6.07, 6.45) is 0. The highest BCUT2D eigenvalue weighted by Crippen LogP contribution is 2.26. The van der Waals surface area contributed by atoms with Gasteiger partial charge >= 0.3 is 0 Å². The van der Waals surface area contributed by atoms with Crippen LogP contribution >= 0.6 is 11.6 Å². The van der Waals surface area contributed by atoms with Crippen molar-refractivity contribution in [2.24, 2.45) is 0 Å². The Kier molecular flexibility index (Phi) is 5.72. The lowest BCUT2D eigenvalue weighted by Gasteiger charge is -2.14. The average molecular weight is 381 g/mol. The number of carbonyl (C=O) groups excluding carboxylic acids is 1. The number of rotatable bonds is 5.